The Morgan fingerprint density at radius 2 is 1.83 bits per heavy atom. The van der Waals surface area contributed by atoms with E-state index >= 15 is 0 Å². The van der Waals surface area contributed by atoms with E-state index < -0.39 is 0 Å². The van der Waals surface area contributed by atoms with Gasteiger partial charge in [0.05, 0.1) is 11.4 Å². The Balaban J connectivity index is 2.62. The molecule has 0 aliphatic carbocycles. The molecule has 0 fully saturated rings. The summed E-state index contributed by atoms with van der Waals surface area (Å²) in [5.74, 6) is 0.493. The lowest BCUT2D eigenvalue weighted by atomic mass is 10.0. The highest BCUT2D eigenvalue weighted by Crippen LogP contribution is 2.26. The molecule has 2 N–H and O–H groups in total. The van der Waals surface area contributed by atoms with E-state index in [0.717, 1.165) is 22.6 Å². The normalized spacial score (nSPS) is 11.2. The Bertz CT molecular complexity index is 580. The van der Waals surface area contributed by atoms with Gasteiger partial charge in [0, 0.05) is 11.4 Å². The van der Waals surface area contributed by atoms with E-state index in [4.69, 9.17) is 5.73 Å². The zero-order chi connectivity index (χ0) is 13.4. The van der Waals surface area contributed by atoms with E-state index in [1.54, 1.807) is 0 Å². The summed E-state index contributed by atoms with van der Waals surface area (Å²) in [7, 11) is 0. The lowest BCUT2D eigenvalue weighted by molar-refractivity contribution is 0.818. The Morgan fingerprint density at radius 3 is 2.33 bits per heavy atom. The van der Waals surface area contributed by atoms with Crippen molar-refractivity contribution in [1.29, 1.82) is 0 Å². The van der Waals surface area contributed by atoms with Crippen LogP contribution >= 0.6 is 0 Å². The second kappa shape index (κ2) is 4.48. The van der Waals surface area contributed by atoms with Gasteiger partial charge in [-0.05, 0) is 56.0 Å². The lowest BCUT2D eigenvalue weighted by Gasteiger charge is -2.10. The molecular formula is C15H21N3. The first-order chi connectivity index (χ1) is 8.41. The molecule has 0 aliphatic heterocycles. The average molecular weight is 243 g/mol. The summed E-state index contributed by atoms with van der Waals surface area (Å²) in [6.07, 6.45) is 0. The Kier molecular flexibility index (Phi) is 3.16. The molecule has 0 radical (unpaired) electrons. The second-order valence-electron chi connectivity index (χ2n) is 5.20. The van der Waals surface area contributed by atoms with Crippen molar-refractivity contribution in [1.82, 2.24) is 9.78 Å². The molecule has 3 nitrogen and oxygen atoms in total. The second-order valence-corrected chi connectivity index (χ2v) is 5.20. The zero-order valence-corrected chi connectivity index (χ0v) is 11.8. The molecule has 0 atom stereocenters. The van der Waals surface area contributed by atoms with Crippen molar-refractivity contribution < 1.29 is 0 Å². The van der Waals surface area contributed by atoms with Crippen LogP contribution in [-0.4, -0.2) is 9.78 Å². The van der Waals surface area contributed by atoms with Gasteiger partial charge < -0.3 is 5.73 Å². The fourth-order valence-electron chi connectivity index (χ4n) is 2.64. The summed E-state index contributed by atoms with van der Waals surface area (Å²) >= 11 is 0. The van der Waals surface area contributed by atoms with Crippen LogP contribution in [0.5, 0.6) is 0 Å². The van der Waals surface area contributed by atoms with Gasteiger partial charge in [-0.2, -0.15) is 5.10 Å². The van der Waals surface area contributed by atoms with Gasteiger partial charge in [0.15, 0.2) is 0 Å². The first-order valence-electron chi connectivity index (χ1n) is 6.34. The smallest absolute Gasteiger partial charge is 0.0679 e. The number of nitrogens with two attached hydrogens (primary N) is 1. The van der Waals surface area contributed by atoms with E-state index in [1.807, 2.05) is 22.9 Å². The molecule has 0 amide bonds. The molecule has 1 aromatic carbocycles. The van der Waals surface area contributed by atoms with E-state index in [2.05, 4.69) is 39.7 Å². The summed E-state index contributed by atoms with van der Waals surface area (Å²) in [6, 6.07) is 5.95. The standard InChI is InChI=1S/C15H21N3/c1-9(2)15-11(4)17-18(12(15)5)14-7-6-13(16)8-10(14)3/h6-9H,16H2,1-5H3. The monoisotopic (exact) mass is 243 g/mol. The molecule has 0 saturated carbocycles. The number of anilines is 1. The van der Waals surface area contributed by atoms with Gasteiger partial charge in [0.1, 0.15) is 0 Å². The van der Waals surface area contributed by atoms with Gasteiger partial charge in [-0.1, -0.05) is 13.8 Å². The van der Waals surface area contributed by atoms with Gasteiger partial charge >= 0.3 is 0 Å². The number of aryl methyl sites for hydroxylation is 2. The minimum Gasteiger partial charge on any atom is -0.399 e. The summed E-state index contributed by atoms with van der Waals surface area (Å²) < 4.78 is 2.03. The fourth-order valence-corrected chi connectivity index (χ4v) is 2.64. The van der Waals surface area contributed by atoms with Crippen molar-refractivity contribution in [2.45, 2.75) is 40.5 Å². The number of aromatic nitrogens is 2. The van der Waals surface area contributed by atoms with E-state index in [-0.39, 0.29) is 0 Å². The average Bonchev–Trinajstić information content (AvgIpc) is 2.54. The van der Waals surface area contributed by atoms with Crippen LogP contribution in [0.4, 0.5) is 5.69 Å². The maximum atomic E-state index is 5.80. The molecule has 2 rings (SSSR count). The van der Waals surface area contributed by atoms with E-state index in [0.29, 0.717) is 5.92 Å². The number of hydrogen-bond acceptors (Lipinski definition) is 2. The SMILES string of the molecule is Cc1cc(N)ccc1-n1nc(C)c(C(C)C)c1C. The summed E-state index contributed by atoms with van der Waals surface area (Å²) in [5, 5.41) is 4.67. The number of hydrogen-bond donors (Lipinski definition) is 1. The van der Waals surface area contributed by atoms with Crippen LogP contribution in [0.25, 0.3) is 5.69 Å². The fraction of sp³-hybridized carbons (Fsp3) is 0.400. The third-order valence-electron chi connectivity index (χ3n) is 3.37. The molecule has 0 bridgehead atoms. The van der Waals surface area contributed by atoms with Crippen molar-refractivity contribution in [2.24, 2.45) is 0 Å². The zero-order valence-electron chi connectivity index (χ0n) is 11.8. The van der Waals surface area contributed by atoms with Crippen molar-refractivity contribution in [3.63, 3.8) is 0 Å². The highest BCUT2D eigenvalue weighted by molar-refractivity contribution is 5.52. The third kappa shape index (κ3) is 2.01. The maximum absolute atomic E-state index is 5.80. The molecule has 2 aromatic rings. The number of benzene rings is 1. The Labute approximate surface area is 109 Å². The van der Waals surface area contributed by atoms with Gasteiger partial charge in [-0.3, -0.25) is 0 Å². The first kappa shape index (κ1) is 12.7. The Hall–Kier alpha value is -1.77. The molecule has 1 heterocycles. The quantitative estimate of drug-likeness (QED) is 0.820. The predicted molar refractivity (Wildman–Crippen MR) is 76.3 cm³/mol. The first-order valence-corrected chi connectivity index (χ1v) is 6.34. The molecule has 0 saturated heterocycles. The predicted octanol–water partition coefficient (Wildman–Crippen LogP) is 3.50. The summed E-state index contributed by atoms with van der Waals surface area (Å²) in [4.78, 5) is 0. The molecular weight excluding hydrogens is 222 g/mol. The molecule has 0 spiro atoms. The van der Waals surface area contributed by atoms with Crippen LogP contribution in [-0.2, 0) is 0 Å². The largest absolute Gasteiger partial charge is 0.399 e. The van der Waals surface area contributed by atoms with Crippen LogP contribution < -0.4 is 5.73 Å². The molecule has 18 heavy (non-hydrogen) atoms. The summed E-state index contributed by atoms with van der Waals surface area (Å²) in [6.45, 7) is 10.7. The van der Waals surface area contributed by atoms with Crippen LogP contribution in [0.15, 0.2) is 18.2 Å². The number of rotatable bonds is 2. The van der Waals surface area contributed by atoms with Crippen molar-refractivity contribution in [2.75, 3.05) is 5.73 Å². The lowest BCUT2D eigenvalue weighted by Crippen LogP contribution is -2.03. The Morgan fingerprint density at radius 1 is 1.17 bits per heavy atom. The van der Waals surface area contributed by atoms with Gasteiger partial charge in [-0.25, -0.2) is 4.68 Å². The molecule has 0 aliphatic rings. The minimum absolute atomic E-state index is 0.493. The number of nitrogens with zero attached hydrogens (tertiary/aromatic N) is 2. The van der Waals surface area contributed by atoms with Crippen LogP contribution in [0.3, 0.4) is 0 Å². The van der Waals surface area contributed by atoms with Crippen molar-refractivity contribution >= 4 is 5.69 Å². The van der Waals surface area contributed by atoms with Crippen molar-refractivity contribution in [3.05, 3.63) is 40.7 Å². The third-order valence-corrected chi connectivity index (χ3v) is 3.37. The van der Waals surface area contributed by atoms with Gasteiger partial charge in [0.25, 0.3) is 0 Å². The number of nitrogen functional groups attached to an aromatic ring is 1. The van der Waals surface area contributed by atoms with E-state index in [9.17, 15) is 0 Å². The topological polar surface area (TPSA) is 43.8 Å². The molecule has 0 unspecified atom stereocenters. The molecule has 1 aromatic heterocycles. The van der Waals surface area contributed by atoms with Crippen LogP contribution in [0.1, 0.15) is 42.3 Å². The van der Waals surface area contributed by atoms with Crippen LogP contribution in [0, 0.1) is 20.8 Å². The molecule has 3 heteroatoms. The molecule has 96 valence electrons. The minimum atomic E-state index is 0.493. The van der Waals surface area contributed by atoms with E-state index in [1.165, 1.54) is 11.3 Å². The van der Waals surface area contributed by atoms with Crippen LogP contribution in [0.2, 0.25) is 0 Å². The maximum Gasteiger partial charge on any atom is 0.0679 e. The highest BCUT2D eigenvalue weighted by Gasteiger charge is 2.16. The highest BCUT2D eigenvalue weighted by atomic mass is 15.3. The summed E-state index contributed by atoms with van der Waals surface area (Å²) in [5.41, 5.74) is 12.5. The van der Waals surface area contributed by atoms with Crippen molar-refractivity contribution in [3.8, 4) is 5.69 Å². The van der Waals surface area contributed by atoms with Gasteiger partial charge in [0.2, 0.25) is 0 Å². The van der Waals surface area contributed by atoms with Gasteiger partial charge in [-0.15, -0.1) is 0 Å².